The summed E-state index contributed by atoms with van der Waals surface area (Å²) in [6, 6.07) is 0. The number of aromatic nitrogens is 3. The Labute approximate surface area is 101 Å². The topological polar surface area (TPSA) is 67.6 Å². The van der Waals surface area contributed by atoms with Gasteiger partial charge in [0.25, 0.3) is 0 Å². The highest BCUT2D eigenvalue weighted by molar-refractivity contribution is 5.82. The van der Waals surface area contributed by atoms with Crippen molar-refractivity contribution < 1.29 is 0 Å². The van der Waals surface area contributed by atoms with Crippen LogP contribution in [0.1, 0.15) is 48.7 Å². The minimum absolute atomic E-state index is 0.535. The van der Waals surface area contributed by atoms with Crippen molar-refractivity contribution in [2.24, 2.45) is 5.73 Å². The normalized spacial score (nSPS) is 17.1. The number of hydrogen-bond acceptors (Lipinski definition) is 3. The molecule has 3 rings (SSSR count). The lowest BCUT2D eigenvalue weighted by Gasteiger charge is -2.09. The number of aryl methyl sites for hydroxylation is 1. The lowest BCUT2D eigenvalue weighted by Crippen LogP contribution is -2.03. The van der Waals surface area contributed by atoms with Crippen molar-refractivity contribution in [1.82, 2.24) is 15.0 Å². The van der Waals surface area contributed by atoms with E-state index in [4.69, 9.17) is 5.73 Å². The molecule has 17 heavy (non-hydrogen) atoms. The number of H-pyrrole nitrogens is 1. The second kappa shape index (κ2) is 4.11. The Hall–Kier alpha value is -1.42. The molecule has 2 heterocycles. The molecule has 2 aromatic heterocycles. The Bertz CT molecular complexity index is 538. The van der Waals surface area contributed by atoms with Gasteiger partial charge in [0, 0.05) is 24.0 Å². The maximum Gasteiger partial charge on any atom is 0.141 e. The summed E-state index contributed by atoms with van der Waals surface area (Å²) in [5.41, 5.74) is 8.82. The van der Waals surface area contributed by atoms with Gasteiger partial charge in [0.1, 0.15) is 11.5 Å². The summed E-state index contributed by atoms with van der Waals surface area (Å²) < 4.78 is 0. The summed E-state index contributed by atoms with van der Waals surface area (Å²) >= 11 is 0. The SMILES string of the molecule is Cc1nc(C2CCCC2)nc2[nH]cc(CN)c12. The van der Waals surface area contributed by atoms with E-state index < -0.39 is 0 Å². The van der Waals surface area contributed by atoms with Crippen LogP contribution in [-0.4, -0.2) is 15.0 Å². The predicted octanol–water partition coefficient (Wildman–Crippen LogP) is 2.38. The summed E-state index contributed by atoms with van der Waals surface area (Å²) in [4.78, 5) is 12.6. The van der Waals surface area contributed by atoms with E-state index in [0.29, 0.717) is 12.5 Å². The van der Waals surface area contributed by atoms with Gasteiger partial charge in [0.15, 0.2) is 0 Å². The maximum atomic E-state index is 5.71. The molecule has 90 valence electrons. The molecule has 1 saturated carbocycles. The Balaban J connectivity index is 2.11. The van der Waals surface area contributed by atoms with Crippen molar-refractivity contribution in [3.63, 3.8) is 0 Å². The van der Waals surface area contributed by atoms with Gasteiger partial charge in [-0.1, -0.05) is 12.8 Å². The van der Waals surface area contributed by atoms with Crippen molar-refractivity contribution in [1.29, 1.82) is 0 Å². The molecule has 0 unspecified atom stereocenters. The second-order valence-electron chi connectivity index (χ2n) is 4.89. The van der Waals surface area contributed by atoms with Gasteiger partial charge in [-0.2, -0.15) is 0 Å². The molecule has 0 aliphatic heterocycles. The van der Waals surface area contributed by atoms with Gasteiger partial charge in [-0.15, -0.1) is 0 Å². The van der Waals surface area contributed by atoms with Crippen molar-refractivity contribution in [3.05, 3.63) is 23.3 Å². The van der Waals surface area contributed by atoms with Crippen LogP contribution in [0.2, 0.25) is 0 Å². The van der Waals surface area contributed by atoms with E-state index in [1.165, 1.54) is 25.7 Å². The van der Waals surface area contributed by atoms with Crippen LogP contribution < -0.4 is 5.73 Å². The molecule has 0 radical (unpaired) electrons. The summed E-state index contributed by atoms with van der Waals surface area (Å²) in [6.07, 6.45) is 7.03. The van der Waals surface area contributed by atoms with Crippen LogP contribution in [0.3, 0.4) is 0 Å². The summed E-state index contributed by atoms with van der Waals surface area (Å²) in [5, 5.41) is 1.11. The molecule has 0 amide bonds. The summed E-state index contributed by atoms with van der Waals surface area (Å²) in [7, 11) is 0. The van der Waals surface area contributed by atoms with Crippen LogP contribution in [0, 0.1) is 6.92 Å². The molecule has 1 fully saturated rings. The highest BCUT2D eigenvalue weighted by atomic mass is 15.0. The molecule has 0 aromatic carbocycles. The van der Waals surface area contributed by atoms with E-state index in [1.807, 2.05) is 6.20 Å². The fourth-order valence-electron chi connectivity index (χ4n) is 2.84. The van der Waals surface area contributed by atoms with Gasteiger partial charge in [0.05, 0.1) is 5.69 Å². The minimum atomic E-state index is 0.535. The van der Waals surface area contributed by atoms with E-state index in [9.17, 15) is 0 Å². The average Bonchev–Trinajstić information content (AvgIpc) is 2.97. The van der Waals surface area contributed by atoms with Crippen molar-refractivity contribution in [2.75, 3.05) is 0 Å². The van der Waals surface area contributed by atoms with Gasteiger partial charge in [-0.25, -0.2) is 9.97 Å². The van der Waals surface area contributed by atoms with Gasteiger partial charge < -0.3 is 10.7 Å². The Morgan fingerprint density at radius 3 is 2.82 bits per heavy atom. The first kappa shape index (κ1) is 10.7. The number of hydrogen-bond donors (Lipinski definition) is 2. The molecule has 0 saturated heterocycles. The maximum absolute atomic E-state index is 5.71. The first-order chi connectivity index (χ1) is 8.29. The molecule has 4 heteroatoms. The van der Waals surface area contributed by atoms with Crippen LogP contribution in [0.5, 0.6) is 0 Å². The zero-order chi connectivity index (χ0) is 11.8. The summed E-state index contributed by atoms with van der Waals surface area (Å²) in [5.74, 6) is 1.57. The van der Waals surface area contributed by atoms with Crippen LogP contribution in [0.25, 0.3) is 11.0 Å². The van der Waals surface area contributed by atoms with Crippen molar-refractivity contribution in [2.45, 2.75) is 45.1 Å². The van der Waals surface area contributed by atoms with Gasteiger partial charge in [-0.05, 0) is 25.3 Å². The molecular weight excluding hydrogens is 212 g/mol. The van der Waals surface area contributed by atoms with Crippen LogP contribution in [0.4, 0.5) is 0 Å². The predicted molar refractivity (Wildman–Crippen MR) is 67.7 cm³/mol. The van der Waals surface area contributed by atoms with Crippen molar-refractivity contribution >= 4 is 11.0 Å². The smallest absolute Gasteiger partial charge is 0.141 e. The highest BCUT2D eigenvalue weighted by Crippen LogP contribution is 2.33. The minimum Gasteiger partial charge on any atom is -0.346 e. The zero-order valence-electron chi connectivity index (χ0n) is 10.2. The third-order valence-electron chi connectivity index (χ3n) is 3.75. The standard InChI is InChI=1S/C13H18N4/c1-8-11-10(6-14)7-15-13(11)17-12(16-8)9-4-2-3-5-9/h7,9H,2-6,14H2,1H3,(H,15,16,17). The molecule has 2 aromatic rings. The Morgan fingerprint density at radius 2 is 2.12 bits per heavy atom. The number of nitrogens with two attached hydrogens (primary N) is 1. The van der Waals surface area contributed by atoms with Crippen molar-refractivity contribution in [3.8, 4) is 0 Å². The number of aromatic amines is 1. The van der Waals surface area contributed by atoms with E-state index in [2.05, 4.69) is 21.9 Å². The van der Waals surface area contributed by atoms with Crippen LogP contribution in [-0.2, 0) is 6.54 Å². The third-order valence-corrected chi connectivity index (χ3v) is 3.75. The van der Waals surface area contributed by atoms with E-state index in [0.717, 1.165) is 28.1 Å². The van der Waals surface area contributed by atoms with E-state index >= 15 is 0 Å². The average molecular weight is 230 g/mol. The summed E-state index contributed by atoms with van der Waals surface area (Å²) in [6.45, 7) is 2.59. The van der Waals surface area contributed by atoms with Crippen LogP contribution >= 0.6 is 0 Å². The highest BCUT2D eigenvalue weighted by Gasteiger charge is 2.21. The zero-order valence-corrected chi connectivity index (χ0v) is 10.2. The molecule has 0 spiro atoms. The Morgan fingerprint density at radius 1 is 1.35 bits per heavy atom. The molecule has 0 atom stereocenters. The van der Waals surface area contributed by atoms with Crippen LogP contribution in [0.15, 0.2) is 6.20 Å². The molecule has 1 aliphatic carbocycles. The third kappa shape index (κ3) is 1.72. The monoisotopic (exact) mass is 230 g/mol. The number of nitrogens with one attached hydrogen (secondary N) is 1. The Kier molecular flexibility index (Phi) is 2.59. The lowest BCUT2D eigenvalue weighted by atomic mass is 10.1. The largest absolute Gasteiger partial charge is 0.346 e. The quantitative estimate of drug-likeness (QED) is 0.832. The van der Waals surface area contributed by atoms with Gasteiger partial charge in [-0.3, -0.25) is 0 Å². The lowest BCUT2D eigenvalue weighted by molar-refractivity contribution is 0.668. The molecular formula is C13H18N4. The van der Waals surface area contributed by atoms with E-state index in [1.54, 1.807) is 0 Å². The fourth-order valence-corrected chi connectivity index (χ4v) is 2.84. The van der Waals surface area contributed by atoms with E-state index in [-0.39, 0.29) is 0 Å². The second-order valence-corrected chi connectivity index (χ2v) is 4.89. The van der Waals surface area contributed by atoms with Gasteiger partial charge >= 0.3 is 0 Å². The number of rotatable bonds is 2. The molecule has 1 aliphatic rings. The molecule has 0 bridgehead atoms. The molecule has 3 N–H and O–H groups in total. The fraction of sp³-hybridized carbons (Fsp3) is 0.538. The number of nitrogens with zero attached hydrogens (tertiary/aromatic N) is 2. The van der Waals surface area contributed by atoms with Gasteiger partial charge in [0.2, 0.25) is 0 Å². The molecule has 4 nitrogen and oxygen atoms in total. The first-order valence-corrected chi connectivity index (χ1v) is 6.34. The number of fused-ring (bicyclic) bond motifs is 1. The first-order valence-electron chi connectivity index (χ1n) is 6.34.